The first-order valence-corrected chi connectivity index (χ1v) is 8.64. The fourth-order valence-electron chi connectivity index (χ4n) is 2.63. The summed E-state index contributed by atoms with van der Waals surface area (Å²) in [6, 6.07) is 4.48. The van der Waals surface area contributed by atoms with E-state index in [1.165, 1.54) is 19.4 Å². The molecule has 1 aromatic carbocycles. The highest BCUT2D eigenvalue weighted by Gasteiger charge is 2.29. The van der Waals surface area contributed by atoms with Crippen LogP contribution >= 0.6 is 0 Å². The Morgan fingerprint density at radius 2 is 2.10 bits per heavy atom. The lowest BCUT2D eigenvalue weighted by Crippen LogP contribution is -2.34. The summed E-state index contributed by atoms with van der Waals surface area (Å²) >= 11 is 0. The van der Waals surface area contributed by atoms with E-state index >= 15 is 0 Å². The minimum Gasteiger partial charge on any atom is -0.497 e. The maximum Gasteiger partial charge on any atom is 0.150 e. The molecule has 0 radical (unpaired) electrons. The second kappa shape index (κ2) is 5.99. The van der Waals surface area contributed by atoms with Crippen molar-refractivity contribution >= 4 is 15.5 Å². The molecule has 1 saturated carbocycles. The third-order valence-electron chi connectivity index (χ3n) is 3.76. The molecule has 2 atom stereocenters. The SMILES string of the molecule is COc1ccc(F)c(NC2CCCC(S(C)(=O)=O)C2)c1. The molecule has 0 heterocycles. The van der Waals surface area contributed by atoms with Gasteiger partial charge in [0.2, 0.25) is 0 Å². The van der Waals surface area contributed by atoms with E-state index in [1.807, 2.05) is 0 Å². The molecule has 1 aromatic rings. The van der Waals surface area contributed by atoms with Crippen molar-refractivity contribution in [2.45, 2.75) is 37.0 Å². The Morgan fingerprint density at radius 3 is 2.75 bits per heavy atom. The summed E-state index contributed by atoms with van der Waals surface area (Å²) in [5, 5.41) is 2.78. The van der Waals surface area contributed by atoms with Gasteiger partial charge in [-0.15, -0.1) is 0 Å². The lowest BCUT2D eigenvalue weighted by atomic mass is 9.94. The quantitative estimate of drug-likeness (QED) is 0.929. The highest BCUT2D eigenvalue weighted by atomic mass is 32.2. The number of hydrogen-bond acceptors (Lipinski definition) is 4. The van der Waals surface area contributed by atoms with Gasteiger partial charge in [-0.25, -0.2) is 12.8 Å². The van der Waals surface area contributed by atoms with Crippen molar-refractivity contribution < 1.29 is 17.5 Å². The van der Waals surface area contributed by atoms with Crippen LogP contribution in [0.15, 0.2) is 18.2 Å². The molecule has 4 nitrogen and oxygen atoms in total. The molecule has 2 unspecified atom stereocenters. The first kappa shape index (κ1) is 15.1. The van der Waals surface area contributed by atoms with Crippen LogP contribution < -0.4 is 10.1 Å². The predicted octanol–water partition coefficient (Wildman–Crippen LogP) is 2.60. The van der Waals surface area contributed by atoms with Crippen LogP contribution in [0.2, 0.25) is 0 Å². The van der Waals surface area contributed by atoms with Gasteiger partial charge >= 0.3 is 0 Å². The number of methoxy groups -OCH3 is 1. The van der Waals surface area contributed by atoms with Crippen molar-refractivity contribution in [3.63, 3.8) is 0 Å². The molecular weight excluding hydrogens is 281 g/mol. The number of sulfone groups is 1. The summed E-state index contributed by atoms with van der Waals surface area (Å²) in [5.41, 5.74) is 0.364. The second-order valence-electron chi connectivity index (χ2n) is 5.31. The lowest BCUT2D eigenvalue weighted by Gasteiger charge is -2.29. The van der Waals surface area contributed by atoms with E-state index in [2.05, 4.69) is 5.32 Å². The Labute approximate surface area is 119 Å². The van der Waals surface area contributed by atoms with E-state index < -0.39 is 9.84 Å². The van der Waals surface area contributed by atoms with Crippen molar-refractivity contribution in [2.24, 2.45) is 0 Å². The molecule has 0 aromatic heterocycles. The average molecular weight is 301 g/mol. The van der Waals surface area contributed by atoms with E-state index in [0.29, 0.717) is 24.3 Å². The van der Waals surface area contributed by atoms with Gasteiger partial charge in [0.05, 0.1) is 18.0 Å². The number of halogens is 1. The molecular formula is C14H20FNO3S. The van der Waals surface area contributed by atoms with Crippen molar-refractivity contribution in [3.05, 3.63) is 24.0 Å². The fraction of sp³-hybridized carbons (Fsp3) is 0.571. The third kappa shape index (κ3) is 3.62. The summed E-state index contributed by atoms with van der Waals surface area (Å²) in [4.78, 5) is 0. The van der Waals surface area contributed by atoms with Gasteiger partial charge in [-0.05, 0) is 31.4 Å². The van der Waals surface area contributed by atoms with E-state index in [9.17, 15) is 12.8 Å². The van der Waals surface area contributed by atoms with Crippen molar-refractivity contribution in [1.82, 2.24) is 0 Å². The highest BCUT2D eigenvalue weighted by molar-refractivity contribution is 7.91. The maximum atomic E-state index is 13.8. The maximum absolute atomic E-state index is 13.8. The molecule has 112 valence electrons. The summed E-state index contributed by atoms with van der Waals surface area (Å²) in [6.45, 7) is 0. The smallest absolute Gasteiger partial charge is 0.150 e. The highest BCUT2D eigenvalue weighted by Crippen LogP contribution is 2.28. The zero-order valence-electron chi connectivity index (χ0n) is 11.7. The normalized spacial score (nSPS) is 23.4. The van der Waals surface area contributed by atoms with Crippen molar-refractivity contribution in [2.75, 3.05) is 18.7 Å². The van der Waals surface area contributed by atoms with Crippen LogP contribution in [0.1, 0.15) is 25.7 Å². The lowest BCUT2D eigenvalue weighted by molar-refractivity contribution is 0.413. The molecule has 6 heteroatoms. The van der Waals surface area contributed by atoms with Crippen LogP contribution in [-0.4, -0.2) is 33.1 Å². The van der Waals surface area contributed by atoms with Gasteiger partial charge in [0.25, 0.3) is 0 Å². The Balaban J connectivity index is 2.10. The summed E-state index contributed by atoms with van der Waals surface area (Å²) < 4.78 is 42.1. The zero-order valence-corrected chi connectivity index (χ0v) is 12.5. The summed E-state index contributed by atoms with van der Waals surface area (Å²) in [7, 11) is -1.51. The van der Waals surface area contributed by atoms with Crippen LogP contribution in [-0.2, 0) is 9.84 Å². The number of ether oxygens (including phenoxy) is 1. The standard InChI is InChI=1S/C14H20FNO3S/c1-19-11-6-7-13(15)14(9-11)16-10-4-3-5-12(8-10)20(2,17)18/h6-7,9-10,12,16H,3-5,8H2,1-2H3. The number of benzene rings is 1. The van der Waals surface area contributed by atoms with Crippen LogP contribution in [0.3, 0.4) is 0 Å². The molecule has 20 heavy (non-hydrogen) atoms. The summed E-state index contributed by atoms with van der Waals surface area (Å²) in [6.07, 6.45) is 4.17. The number of hydrogen-bond donors (Lipinski definition) is 1. The van der Waals surface area contributed by atoms with E-state index in [1.54, 1.807) is 12.1 Å². The molecule has 0 aliphatic heterocycles. The topological polar surface area (TPSA) is 55.4 Å². The third-order valence-corrected chi connectivity index (χ3v) is 5.40. The van der Waals surface area contributed by atoms with Gasteiger partial charge in [-0.1, -0.05) is 6.42 Å². The Kier molecular flexibility index (Phi) is 4.52. The van der Waals surface area contributed by atoms with Gasteiger partial charge in [-0.2, -0.15) is 0 Å². The molecule has 1 N–H and O–H groups in total. The Morgan fingerprint density at radius 1 is 1.35 bits per heavy atom. The van der Waals surface area contributed by atoms with E-state index in [4.69, 9.17) is 4.74 Å². The van der Waals surface area contributed by atoms with E-state index in [-0.39, 0.29) is 17.1 Å². The number of nitrogens with one attached hydrogen (secondary N) is 1. The van der Waals surface area contributed by atoms with Crippen LogP contribution in [0.5, 0.6) is 5.75 Å². The summed E-state index contributed by atoms with van der Waals surface area (Å²) in [5.74, 6) is 0.219. The van der Waals surface area contributed by atoms with Crippen LogP contribution in [0.4, 0.5) is 10.1 Å². The van der Waals surface area contributed by atoms with Gasteiger partial charge < -0.3 is 10.1 Å². The van der Waals surface area contributed by atoms with Crippen molar-refractivity contribution in [3.8, 4) is 5.75 Å². The van der Waals surface area contributed by atoms with Gasteiger partial charge in [0.15, 0.2) is 0 Å². The van der Waals surface area contributed by atoms with Gasteiger partial charge in [-0.3, -0.25) is 0 Å². The predicted molar refractivity (Wildman–Crippen MR) is 77.5 cm³/mol. The molecule has 2 rings (SSSR count). The Bertz CT molecular complexity index is 574. The first-order chi connectivity index (χ1) is 9.40. The number of rotatable bonds is 4. The minimum atomic E-state index is -3.03. The molecule has 0 amide bonds. The van der Waals surface area contributed by atoms with Crippen LogP contribution in [0, 0.1) is 5.82 Å². The monoisotopic (exact) mass is 301 g/mol. The van der Waals surface area contributed by atoms with Gasteiger partial charge in [0.1, 0.15) is 21.4 Å². The molecule has 1 fully saturated rings. The molecule has 0 bridgehead atoms. The second-order valence-corrected chi connectivity index (χ2v) is 7.63. The molecule has 1 aliphatic carbocycles. The first-order valence-electron chi connectivity index (χ1n) is 6.69. The fourth-order valence-corrected chi connectivity index (χ4v) is 3.80. The van der Waals surface area contributed by atoms with Crippen molar-refractivity contribution in [1.29, 1.82) is 0 Å². The molecule has 0 saturated heterocycles. The average Bonchev–Trinajstić information content (AvgIpc) is 2.41. The number of anilines is 1. The van der Waals surface area contributed by atoms with Gasteiger partial charge in [0, 0.05) is 18.4 Å². The molecule has 0 spiro atoms. The Hall–Kier alpha value is -1.30. The zero-order chi connectivity index (χ0) is 14.8. The largest absolute Gasteiger partial charge is 0.497 e. The van der Waals surface area contributed by atoms with Crippen LogP contribution in [0.25, 0.3) is 0 Å². The minimum absolute atomic E-state index is 0.0231. The molecule has 1 aliphatic rings. The van der Waals surface area contributed by atoms with E-state index in [0.717, 1.165) is 12.8 Å².